The molecule has 1 aromatic heterocycles. The molecule has 2 fully saturated rings. The Bertz CT molecular complexity index is 468. The molecular weight excluding hydrogens is 230 g/mol. The fourth-order valence-electron chi connectivity index (χ4n) is 2.81. The van der Waals surface area contributed by atoms with E-state index in [1.165, 1.54) is 26.1 Å². The number of aromatic nitrogens is 2. The van der Waals surface area contributed by atoms with E-state index in [-0.39, 0.29) is 5.69 Å². The molecule has 0 amide bonds. The molecule has 3 rings (SSSR count). The summed E-state index contributed by atoms with van der Waals surface area (Å²) < 4.78 is 4.61. The van der Waals surface area contributed by atoms with Crippen molar-refractivity contribution < 1.29 is 9.53 Å². The van der Waals surface area contributed by atoms with Crippen molar-refractivity contribution in [2.75, 3.05) is 25.1 Å². The van der Waals surface area contributed by atoms with Gasteiger partial charge in [-0.3, -0.25) is 0 Å². The Kier molecular flexibility index (Phi) is 2.50. The van der Waals surface area contributed by atoms with Gasteiger partial charge in [0.1, 0.15) is 5.82 Å². The summed E-state index contributed by atoms with van der Waals surface area (Å²) in [7, 11) is 1.34. The topological polar surface area (TPSA) is 55.3 Å². The maximum atomic E-state index is 11.3. The lowest BCUT2D eigenvalue weighted by molar-refractivity contribution is 0.0593. The molecule has 2 heterocycles. The number of carbonyl (C=O) groups is 1. The van der Waals surface area contributed by atoms with Crippen LogP contribution in [0.5, 0.6) is 0 Å². The molecule has 1 aliphatic heterocycles. The van der Waals surface area contributed by atoms with Gasteiger partial charge in [-0.25, -0.2) is 14.8 Å². The first-order valence-corrected chi connectivity index (χ1v) is 6.30. The highest BCUT2D eigenvalue weighted by Gasteiger charge is 2.53. The lowest BCUT2D eigenvalue weighted by Crippen LogP contribution is -2.21. The van der Waals surface area contributed by atoms with Gasteiger partial charge >= 0.3 is 5.97 Å². The van der Waals surface area contributed by atoms with E-state index in [4.69, 9.17) is 0 Å². The third-order valence-corrected chi connectivity index (χ3v) is 4.29. The van der Waals surface area contributed by atoms with Crippen molar-refractivity contribution in [3.63, 3.8) is 0 Å². The van der Waals surface area contributed by atoms with Gasteiger partial charge in [0.05, 0.1) is 19.5 Å². The molecule has 5 heteroatoms. The van der Waals surface area contributed by atoms with Gasteiger partial charge in [0.15, 0.2) is 5.69 Å². The summed E-state index contributed by atoms with van der Waals surface area (Å²) in [5.41, 5.74) is 0.789. The standard InChI is InChI=1S/C13H17N3O2/c1-9-7-16(8-13(9)3-4-13)11-6-14-10(5-15-11)12(17)18-2/h5-6,9H,3-4,7-8H2,1-2H3/t9-/m1/s1. The van der Waals surface area contributed by atoms with Gasteiger partial charge in [-0.1, -0.05) is 6.92 Å². The lowest BCUT2D eigenvalue weighted by Gasteiger charge is -2.16. The Morgan fingerprint density at radius 1 is 1.44 bits per heavy atom. The predicted octanol–water partition coefficient (Wildman–Crippen LogP) is 1.50. The summed E-state index contributed by atoms with van der Waals surface area (Å²) >= 11 is 0. The van der Waals surface area contributed by atoms with Gasteiger partial charge in [-0.05, 0) is 24.2 Å². The number of rotatable bonds is 2. The van der Waals surface area contributed by atoms with E-state index in [0.29, 0.717) is 5.41 Å². The number of hydrogen-bond donors (Lipinski definition) is 0. The fraction of sp³-hybridized carbons (Fsp3) is 0.615. The van der Waals surface area contributed by atoms with Crippen LogP contribution in [-0.2, 0) is 4.74 Å². The molecule has 1 aliphatic carbocycles. The average molecular weight is 247 g/mol. The van der Waals surface area contributed by atoms with Crippen LogP contribution in [0.15, 0.2) is 12.4 Å². The average Bonchev–Trinajstić information content (AvgIpc) is 3.10. The normalized spacial score (nSPS) is 24.3. The highest BCUT2D eigenvalue weighted by Crippen LogP contribution is 2.56. The largest absolute Gasteiger partial charge is 0.464 e. The minimum Gasteiger partial charge on any atom is -0.464 e. The molecule has 5 nitrogen and oxygen atoms in total. The minimum absolute atomic E-state index is 0.259. The molecule has 1 saturated heterocycles. The summed E-state index contributed by atoms with van der Waals surface area (Å²) in [6, 6.07) is 0. The molecule has 0 aromatic carbocycles. The van der Waals surface area contributed by atoms with Crippen LogP contribution in [-0.4, -0.2) is 36.1 Å². The molecule has 96 valence electrons. The zero-order valence-electron chi connectivity index (χ0n) is 10.7. The highest BCUT2D eigenvalue weighted by atomic mass is 16.5. The van der Waals surface area contributed by atoms with Crippen LogP contribution in [0.25, 0.3) is 0 Å². The molecule has 18 heavy (non-hydrogen) atoms. The molecule has 1 aromatic rings. The van der Waals surface area contributed by atoms with E-state index in [1.54, 1.807) is 6.20 Å². The first kappa shape index (κ1) is 11.4. The Labute approximate surface area is 106 Å². The second-order valence-corrected chi connectivity index (χ2v) is 5.40. The van der Waals surface area contributed by atoms with E-state index in [9.17, 15) is 4.79 Å². The summed E-state index contributed by atoms with van der Waals surface area (Å²) in [4.78, 5) is 22.0. The maximum Gasteiger partial charge on any atom is 0.358 e. The second kappa shape index (κ2) is 3.93. The Hall–Kier alpha value is -1.65. The van der Waals surface area contributed by atoms with Gasteiger partial charge in [0.2, 0.25) is 0 Å². The lowest BCUT2D eigenvalue weighted by atomic mass is 9.95. The van der Waals surface area contributed by atoms with Crippen molar-refractivity contribution in [1.29, 1.82) is 0 Å². The van der Waals surface area contributed by atoms with Crippen LogP contribution in [0.3, 0.4) is 0 Å². The van der Waals surface area contributed by atoms with Crippen LogP contribution < -0.4 is 4.90 Å². The third-order valence-electron chi connectivity index (χ3n) is 4.29. The van der Waals surface area contributed by atoms with Crippen LogP contribution in [0.2, 0.25) is 0 Å². The molecule has 0 bridgehead atoms. The van der Waals surface area contributed by atoms with Crippen LogP contribution in [0.1, 0.15) is 30.3 Å². The zero-order valence-corrected chi connectivity index (χ0v) is 10.7. The second-order valence-electron chi connectivity index (χ2n) is 5.40. The smallest absolute Gasteiger partial charge is 0.358 e. The monoisotopic (exact) mass is 247 g/mol. The maximum absolute atomic E-state index is 11.3. The van der Waals surface area contributed by atoms with Crippen LogP contribution in [0, 0.1) is 11.3 Å². The predicted molar refractivity (Wildman–Crippen MR) is 66.4 cm³/mol. The van der Waals surface area contributed by atoms with Crippen LogP contribution in [0.4, 0.5) is 5.82 Å². The van der Waals surface area contributed by atoms with Gasteiger partial charge in [0.25, 0.3) is 0 Å². The molecule has 0 unspecified atom stereocenters. The summed E-state index contributed by atoms with van der Waals surface area (Å²) in [5, 5.41) is 0. The Morgan fingerprint density at radius 3 is 2.72 bits per heavy atom. The number of nitrogens with zero attached hydrogens (tertiary/aromatic N) is 3. The number of ether oxygens (including phenoxy) is 1. The van der Waals surface area contributed by atoms with E-state index < -0.39 is 5.97 Å². The molecule has 0 N–H and O–H groups in total. The van der Waals surface area contributed by atoms with Gasteiger partial charge < -0.3 is 9.64 Å². The Balaban J connectivity index is 1.76. The van der Waals surface area contributed by atoms with E-state index in [2.05, 4.69) is 26.5 Å². The van der Waals surface area contributed by atoms with Gasteiger partial charge in [-0.15, -0.1) is 0 Å². The molecule has 1 saturated carbocycles. The first-order valence-electron chi connectivity index (χ1n) is 6.30. The van der Waals surface area contributed by atoms with Crippen molar-refractivity contribution in [1.82, 2.24) is 9.97 Å². The molecule has 1 atom stereocenters. The number of anilines is 1. The third kappa shape index (κ3) is 1.74. The molecule has 0 radical (unpaired) electrons. The van der Waals surface area contributed by atoms with Crippen molar-refractivity contribution >= 4 is 11.8 Å². The molecule has 1 spiro atoms. The molecular formula is C13H17N3O2. The van der Waals surface area contributed by atoms with E-state index >= 15 is 0 Å². The van der Waals surface area contributed by atoms with Crippen LogP contribution >= 0.6 is 0 Å². The summed E-state index contributed by atoms with van der Waals surface area (Å²) in [5.74, 6) is 1.14. The number of esters is 1. The number of carbonyl (C=O) groups excluding carboxylic acids is 1. The minimum atomic E-state index is -0.442. The van der Waals surface area contributed by atoms with Crippen molar-refractivity contribution in [2.45, 2.75) is 19.8 Å². The Morgan fingerprint density at radius 2 is 2.22 bits per heavy atom. The fourth-order valence-corrected chi connectivity index (χ4v) is 2.81. The highest BCUT2D eigenvalue weighted by molar-refractivity contribution is 5.86. The quantitative estimate of drug-likeness (QED) is 0.741. The van der Waals surface area contributed by atoms with E-state index in [1.807, 2.05) is 0 Å². The van der Waals surface area contributed by atoms with Crippen molar-refractivity contribution in [3.8, 4) is 0 Å². The SMILES string of the molecule is COC(=O)c1cnc(N2C[C@@H](C)C3(CC3)C2)cn1. The first-order chi connectivity index (χ1) is 8.64. The zero-order chi connectivity index (χ0) is 12.8. The number of hydrogen-bond acceptors (Lipinski definition) is 5. The summed E-state index contributed by atoms with van der Waals surface area (Å²) in [6.45, 7) is 4.41. The van der Waals surface area contributed by atoms with Crippen molar-refractivity contribution in [2.24, 2.45) is 11.3 Å². The number of methoxy groups -OCH3 is 1. The molecule has 2 aliphatic rings. The van der Waals surface area contributed by atoms with E-state index in [0.717, 1.165) is 24.8 Å². The van der Waals surface area contributed by atoms with Crippen molar-refractivity contribution in [3.05, 3.63) is 18.1 Å². The van der Waals surface area contributed by atoms with Gasteiger partial charge in [-0.2, -0.15) is 0 Å². The van der Waals surface area contributed by atoms with Gasteiger partial charge in [0, 0.05) is 13.1 Å². The summed E-state index contributed by atoms with van der Waals surface area (Å²) in [6.07, 6.45) is 5.82.